The molecule has 0 fully saturated rings. The molecule has 1 aromatic carbocycles. The number of carbonyl (C=O) groups is 1. The standard InChI is InChI=1S/C18H20N2O2S/c1-5-22-13-8-6-12(7-9-13)16-14(10-21)20-15(18(2,3)4)11-23-17(20)19-16/h6-11H,5H2,1-4H3. The predicted octanol–water partition coefficient (Wildman–Crippen LogP) is 4.57. The van der Waals surface area contributed by atoms with E-state index in [2.05, 4.69) is 31.1 Å². The van der Waals surface area contributed by atoms with Gasteiger partial charge in [0.1, 0.15) is 17.1 Å². The van der Waals surface area contributed by atoms with Crippen LogP contribution in [0.3, 0.4) is 0 Å². The van der Waals surface area contributed by atoms with Gasteiger partial charge in [-0.05, 0) is 31.2 Å². The zero-order valence-corrected chi connectivity index (χ0v) is 14.6. The normalized spacial score (nSPS) is 11.8. The highest BCUT2D eigenvalue weighted by molar-refractivity contribution is 7.15. The molecule has 23 heavy (non-hydrogen) atoms. The van der Waals surface area contributed by atoms with E-state index in [0.29, 0.717) is 12.3 Å². The van der Waals surface area contributed by atoms with Crippen LogP contribution in [0.15, 0.2) is 29.6 Å². The third kappa shape index (κ3) is 2.77. The third-order valence-corrected chi connectivity index (χ3v) is 4.54. The number of aromatic nitrogens is 2. The van der Waals surface area contributed by atoms with Crippen molar-refractivity contribution in [3.63, 3.8) is 0 Å². The maximum absolute atomic E-state index is 11.7. The van der Waals surface area contributed by atoms with Crippen molar-refractivity contribution in [3.05, 3.63) is 41.0 Å². The van der Waals surface area contributed by atoms with Gasteiger partial charge in [-0.3, -0.25) is 9.20 Å². The van der Waals surface area contributed by atoms with E-state index in [1.807, 2.05) is 35.6 Å². The molecule has 0 atom stereocenters. The van der Waals surface area contributed by atoms with Crippen LogP contribution in [0, 0.1) is 0 Å². The second-order valence-corrected chi connectivity index (χ2v) is 7.25. The van der Waals surface area contributed by atoms with Gasteiger partial charge in [0.15, 0.2) is 11.2 Å². The van der Waals surface area contributed by atoms with E-state index < -0.39 is 0 Å². The van der Waals surface area contributed by atoms with Gasteiger partial charge in [-0.15, -0.1) is 11.3 Å². The molecule has 2 heterocycles. The molecule has 0 amide bonds. The number of imidazole rings is 1. The first-order valence-corrected chi connectivity index (χ1v) is 8.52. The average Bonchev–Trinajstić information content (AvgIpc) is 3.06. The van der Waals surface area contributed by atoms with Gasteiger partial charge in [-0.2, -0.15) is 0 Å². The number of benzene rings is 1. The molecule has 0 aliphatic heterocycles. The smallest absolute Gasteiger partial charge is 0.195 e. The molecule has 0 bridgehead atoms. The first-order chi connectivity index (χ1) is 11.0. The van der Waals surface area contributed by atoms with E-state index in [4.69, 9.17) is 4.74 Å². The lowest BCUT2D eigenvalue weighted by molar-refractivity contribution is 0.111. The summed E-state index contributed by atoms with van der Waals surface area (Å²) in [5, 5.41) is 2.08. The maximum Gasteiger partial charge on any atom is 0.195 e. The van der Waals surface area contributed by atoms with E-state index >= 15 is 0 Å². The summed E-state index contributed by atoms with van der Waals surface area (Å²) in [5.41, 5.74) is 3.30. The highest BCUT2D eigenvalue weighted by Gasteiger charge is 2.24. The molecule has 0 N–H and O–H groups in total. The first kappa shape index (κ1) is 15.7. The van der Waals surface area contributed by atoms with Crippen LogP contribution >= 0.6 is 11.3 Å². The van der Waals surface area contributed by atoms with E-state index in [1.54, 1.807) is 11.3 Å². The Morgan fingerprint density at radius 1 is 1.26 bits per heavy atom. The lowest BCUT2D eigenvalue weighted by Gasteiger charge is -2.17. The van der Waals surface area contributed by atoms with Crippen molar-refractivity contribution in [3.8, 4) is 17.0 Å². The van der Waals surface area contributed by atoms with E-state index in [0.717, 1.165) is 33.9 Å². The van der Waals surface area contributed by atoms with Crippen molar-refractivity contribution < 1.29 is 9.53 Å². The lowest BCUT2D eigenvalue weighted by Crippen LogP contribution is -2.15. The summed E-state index contributed by atoms with van der Waals surface area (Å²) in [5.74, 6) is 0.820. The predicted molar refractivity (Wildman–Crippen MR) is 93.8 cm³/mol. The molecule has 0 unspecified atom stereocenters. The Balaban J connectivity index is 2.15. The Bertz CT molecular complexity index is 838. The molecule has 0 aliphatic rings. The number of nitrogens with zero attached hydrogens (tertiary/aromatic N) is 2. The summed E-state index contributed by atoms with van der Waals surface area (Å²) in [7, 11) is 0. The minimum absolute atomic E-state index is 0.0488. The van der Waals surface area contributed by atoms with Crippen molar-refractivity contribution >= 4 is 22.6 Å². The summed E-state index contributed by atoms with van der Waals surface area (Å²) in [6, 6.07) is 7.71. The fourth-order valence-corrected chi connectivity index (χ4v) is 3.72. The molecular formula is C18H20N2O2S. The molecule has 3 rings (SSSR count). The van der Waals surface area contributed by atoms with Crippen molar-refractivity contribution in [1.82, 2.24) is 9.38 Å². The summed E-state index contributed by atoms with van der Waals surface area (Å²) >= 11 is 1.57. The number of rotatable bonds is 4. The zero-order chi connectivity index (χ0) is 16.6. The Hall–Kier alpha value is -2.14. The summed E-state index contributed by atoms with van der Waals surface area (Å²) in [6.07, 6.45) is 0.897. The maximum atomic E-state index is 11.7. The molecule has 0 saturated carbocycles. The Labute approximate surface area is 139 Å². The van der Waals surface area contributed by atoms with Gasteiger partial charge in [0.25, 0.3) is 0 Å². The first-order valence-electron chi connectivity index (χ1n) is 7.64. The van der Waals surface area contributed by atoms with Crippen LogP contribution in [0.2, 0.25) is 0 Å². The van der Waals surface area contributed by atoms with Gasteiger partial charge < -0.3 is 4.74 Å². The zero-order valence-electron chi connectivity index (χ0n) is 13.8. The second-order valence-electron chi connectivity index (χ2n) is 6.41. The van der Waals surface area contributed by atoms with Gasteiger partial charge in [0.05, 0.1) is 6.61 Å². The minimum atomic E-state index is -0.0488. The number of hydrogen-bond donors (Lipinski definition) is 0. The van der Waals surface area contributed by atoms with Crippen LogP contribution in [-0.4, -0.2) is 22.3 Å². The Kier molecular flexibility index (Phi) is 3.98. The van der Waals surface area contributed by atoms with Crippen molar-refractivity contribution in [2.45, 2.75) is 33.1 Å². The van der Waals surface area contributed by atoms with E-state index in [9.17, 15) is 4.79 Å². The molecule has 5 heteroatoms. The van der Waals surface area contributed by atoms with Crippen molar-refractivity contribution in [2.24, 2.45) is 0 Å². The summed E-state index contributed by atoms with van der Waals surface area (Å²) in [6.45, 7) is 9.00. The van der Waals surface area contributed by atoms with Gasteiger partial charge in [-0.1, -0.05) is 20.8 Å². The molecule has 4 nitrogen and oxygen atoms in total. The largest absolute Gasteiger partial charge is 0.494 e. The topological polar surface area (TPSA) is 43.6 Å². The third-order valence-electron chi connectivity index (χ3n) is 3.72. The van der Waals surface area contributed by atoms with Crippen LogP contribution in [0.5, 0.6) is 5.75 Å². The molecular weight excluding hydrogens is 308 g/mol. The van der Waals surface area contributed by atoms with E-state index in [1.165, 1.54) is 0 Å². The number of ether oxygens (including phenoxy) is 1. The van der Waals surface area contributed by atoms with Crippen molar-refractivity contribution in [1.29, 1.82) is 0 Å². The summed E-state index contributed by atoms with van der Waals surface area (Å²) in [4.78, 5) is 17.3. The molecule has 0 aliphatic carbocycles. The second kappa shape index (κ2) is 5.81. The number of thiazole rings is 1. The van der Waals surface area contributed by atoms with Crippen LogP contribution < -0.4 is 4.74 Å². The highest BCUT2D eigenvalue weighted by Crippen LogP contribution is 2.33. The van der Waals surface area contributed by atoms with Gasteiger partial charge >= 0.3 is 0 Å². The number of fused-ring (bicyclic) bond motifs is 1. The number of hydrogen-bond acceptors (Lipinski definition) is 4. The monoisotopic (exact) mass is 328 g/mol. The van der Waals surface area contributed by atoms with Crippen molar-refractivity contribution in [2.75, 3.05) is 6.61 Å². The van der Waals surface area contributed by atoms with Crippen LogP contribution in [-0.2, 0) is 5.41 Å². The van der Waals surface area contributed by atoms with Gasteiger partial charge in [0.2, 0.25) is 0 Å². The van der Waals surface area contributed by atoms with Gasteiger partial charge in [-0.25, -0.2) is 4.98 Å². The number of aldehydes is 1. The molecule has 0 radical (unpaired) electrons. The van der Waals surface area contributed by atoms with Gasteiger partial charge in [0, 0.05) is 22.1 Å². The Morgan fingerprint density at radius 3 is 2.52 bits per heavy atom. The fourth-order valence-electron chi connectivity index (χ4n) is 2.59. The highest BCUT2D eigenvalue weighted by atomic mass is 32.1. The SMILES string of the molecule is CCOc1ccc(-c2nc3scc(C(C)(C)C)n3c2C=O)cc1. The molecule has 2 aromatic heterocycles. The fraction of sp³-hybridized carbons (Fsp3) is 0.333. The molecule has 120 valence electrons. The minimum Gasteiger partial charge on any atom is -0.494 e. The number of carbonyl (C=O) groups excluding carboxylic acids is 1. The summed E-state index contributed by atoms with van der Waals surface area (Å²) < 4.78 is 7.44. The van der Waals surface area contributed by atoms with E-state index in [-0.39, 0.29) is 5.41 Å². The quantitative estimate of drug-likeness (QED) is 0.659. The molecule has 0 saturated heterocycles. The average molecular weight is 328 g/mol. The Morgan fingerprint density at radius 2 is 1.96 bits per heavy atom. The lowest BCUT2D eigenvalue weighted by atomic mass is 9.93. The van der Waals surface area contributed by atoms with Crippen LogP contribution in [0.1, 0.15) is 43.9 Å². The molecule has 3 aromatic rings. The van der Waals surface area contributed by atoms with Crippen LogP contribution in [0.25, 0.3) is 16.2 Å². The molecule has 0 spiro atoms. The van der Waals surface area contributed by atoms with Crippen LogP contribution in [0.4, 0.5) is 0 Å².